The van der Waals surface area contributed by atoms with Gasteiger partial charge in [-0.25, -0.2) is 0 Å². The molecule has 0 bridgehead atoms. The average Bonchev–Trinajstić information content (AvgIpc) is 2.52. The van der Waals surface area contributed by atoms with E-state index in [4.69, 9.17) is 9.47 Å². The van der Waals surface area contributed by atoms with Gasteiger partial charge in [0.2, 0.25) is 0 Å². The lowest BCUT2D eigenvalue weighted by Gasteiger charge is -2.07. The Balaban J connectivity index is 0.00000220. The van der Waals surface area contributed by atoms with Gasteiger partial charge in [0.05, 0.1) is 14.2 Å². The minimum Gasteiger partial charge on any atom is -0.497 e. The van der Waals surface area contributed by atoms with E-state index in [0.29, 0.717) is 0 Å². The smallest absolute Gasteiger partial charge is 0.119 e. The quantitative estimate of drug-likeness (QED) is 0.773. The molecule has 2 rings (SSSR count). The molecule has 0 atom stereocenters. The molecule has 1 N–H and O–H groups in total. The van der Waals surface area contributed by atoms with Crippen LogP contribution in [0.1, 0.15) is 11.1 Å². The lowest BCUT2D eigenvalue weighted by atomic mass is 10.1. The van der Waals surface area contributed by atoms with Crippen LogP contribution in [0.25, 0.3) is 0 Å². The fraction of sp³-hybridized carbons (Fsp3) is 0.294. The number of methoxy groups -OCH3 is 2. The molecule has 0 radical (unpaired) electrons. The van der Waals surface area contributed by atoms with E-state index in [0.717, 1.165) is 31.0 Å². The van der Waals surface area contributed by atoms with Crippen LogP contribution in [0.3, 0.4) is 0 Å². The first-order valence-electron chi connectivity index (χ1n) is 6.78. The largest absolute Gasteiger partial charge is 0.497 e. The van der Waals surface area contributed by atoms with Crippen molar-refractivity contribution in [2.24, 2.45) is 0 Å². The Labute approximate surface area is 137 Å². The highest BCUT2D eigenvalue weighted by molar-refractivity contribution is 8.93. The zero-order chi connectivity index (χ0) is 14.2. The predicted molar refractivity (Wildman–Crippen MR) is 91.7 cm³/mol. The highest BCUT2D eigenvalue weighted by Gasteiger charge is 1.97. The number of halogens is 1. The van der Waals surface area contributed by atoms with Crippen molar-refractivity contribution in [1.82, 2.24) is 5.32 Å². The Morgan fingerprint density at radius 3 is 2.24 bits per heavy atom. The van der Waals surface area contributed by atoms with Gasteiger partial charge in [0, 0.05) is 6.54 Å². The van der Waals surface area contributed by atoms with E-state index in [1.807, 2.05) is 24.3 Å². The number of hydrogen-bond acceptors (Lipinski definition) is 3. The van der Waals surface area contributed by atoms with E-state index in [1.54, 1.807) is 14.2 Å². The second kappa shape index (κ2) is 9.42. The summed E-state index contributed by atoms with van der Waals surface area (Å²) >= 11 is 0. The van der Waals surface area contributed by atoms with Crippen molar-refractivity contribution in [2.75, 3.05) is 20.8 Å². The molecule has 4 heteroatoms. The maximum Gasteiger partial charge on any atom is 0.119 e. The third kappa shape index (κ3) is 5.78. The van der Waals surface area contributed by atoms with Crippen molar-refractivity contribution in [3.05, 3.63) is 59.7 Å². The second-order valence-corrected chi connectivity index (χ2v) is 4.63. The third-order valence-corrected chi connectivity index (χ3v) is 3.21. The highest BCUT2D eigenvalue weighted by atomic mass is 79.9. The summed E-state index contributed by atoms with van der Waals surface area (Å²) < 4.78 is 10.4. The van der Waals surface area contributed by atoms with Crippen LogP contribution in [0.2, 0.25) is 0 Å². The molecule has 0 aliphatic heterocycles. The number of nitrogens with one attached hydrogen (secondary N) is 1. The van der Waals surface area contributed by atoms with Gasteiger partial charge in [-0.2, -0.15) is 0 Å². The molecular weight excluding hydrogens is 330 g/mol. The van der Waals surface area contributed by atoms with Gasteiger partial charge in [0.15, 0.2) is 0 Å². The van der Waals surface area contributed by atoms with Crippen LogP contribution < -0.4 is 14.8 Å². The van der Waals surface area contributed by atoms with Crippen LogP contribution in [0, 0.1) is 0 Å². The molecule has 0 fully saturated rings. The fourth-order valence-electron chi connectivity index (χ4n) is 2.04. The standard InChI is InChI=1S/C17H21NO2.BrH/c1-19-16-8-6-14(7-9-16)10-11-18-13-15-4-3-5-17(12-15)20-2;/h3-9,12,18H,10-11,13H2,1-2H3;1H. The summed E-state index contributed by atoms with van der Waals surface area (Å²) in [4.78, 5) is 0. The third-order valence-electron chi connectivity index (χ3n) is 3.21. The Kier molecular flexibility index (Phi) is 7.87. The lowest BCUT2D eigenvalue weighted by Crippen LogP contribution is -2.16. The summed E-state index contributed by atoms with van der Waals surface area (Å²) in [6.07, 6.45) is 1.01. The van der Waals surface area contributed by atoms with Gasteiger partial charge in [-0.15, -0.1) is 17.0 Å². The molecular formula is C17H22BrNO2. The molecule has 0 unspecified atom stereocenters. The maximum atomic E-state index is 5.21. The first kappa shape index (κ1) is 17.5. The van der Waals surface area contributed by atoms with E-state index >= 15 is 0 Å². The molecule has 0 spiro atoms. The van der Waals surface area contributed by atoms with Crippen molar-refractivity contribution >= 4 is 17.0 Å². The van der Waals surface area contributed by atoms with Crippen LogP contribution in [0.5, 0.6) is 11.5 Å². The molecule has 3 nitrogen and oxygen atoms in total. The molecule has 114 valence electrons. The topological polar surface area (TPSA) is 30.5 Å². The number of hydrogen-bond donors (Lipinski definition) is 1. The van der Waals surface area contributed by atoms with Gasteiger partial charge in [0.1, 0.15) is 11.5 Å². The van der Waals surface area contributed by atoms with Crippen LogP contribution in [-0.2, 0) is 13.0 Å². The molecule has 2 aromatic rings. The van der Waals surface area contributed by atoms with Gasteiger partial charge >= 0.3 is 0 Å². The van der Waals surface area contributed by atoms with Crippen LogP contribution in [0.15, 0.2) is 48.5 Å². The van der Waals surface area contributed by atoms with Gasteiger partial charge in [-0.3, -0.25) is 0 Å². The Hall–Kier alpha value is -1.52. The van der Waals surface area contributed by atoms with Crippen molar-refractivity contribution in [1.29, 1.82) is 0 Å². The molecule has 21 heavy (non-hydrogen) atoms. The molecule has 0 aliphatic carbocycles. The summed E-state index contributed by atoms with van der Waals surface area (Å²) in [5.74, 6) is 1.80. The monoisotopic (exact) mass is 351 g/mol. The highest BCUT2D eigenvalue weighted by Crippen LogP contribution is 2.13. The molecule has 0 saturated heterocycles. The van der Waals surface area contributed by atoms with Gasteiger partial charge in [0.25, 0.3) is 0 Å². The van der Waals surface area contributed by atoms with Crippen molar-refractivity contribution < 1.29 is 9.47 Å². The van der Waals surface area contributed by atoms with Crippen molar-refractivity contribution in [3.8, 4) is 11.5 Å². The molecule has 0 heterocycles. The molecule has 0 aliphatic rings. The summed E-state index contributed by atoms with van der Waals surface area (Å²) in [5.41, 5.74) is 2.54. The predicted octanol–water partition coefficient (Wildman–Crippen LogP) is 3.61. The van der Waals surface area contributed by atoms with Crippen LogP contribution in [0.4, 0.5) is 0 Å². The Bertz CT molecular complexity index is 529. The van der Waals surface area contributed by atoms with Gasteiger partial charge < -0.3 is 14.8 Å². The number of ether oxygens (including phenoxy) is 2. The van der Waals surface area contributed by atoms with E-state index in [9.17, 15) is 0 Å². The minimum atomic E-state index is 0. The fourth-order valence-corrected chi connectivity index (χ4v) is 2.04. The molecule has 0 aromatic heterocycles. The summed E-state index contributed by atoms with van der Waals surface area (Å²) in [7, 11) is 3.38. The molecule has 2 aromatic carbocycles. The summed E-state index contributed by atoms with van der Waals surface area (Å²) in [6, 6.07) is 16.3. The normalized spacial score (nSPS) is 9.81. The van der Waals surface area contributed by atoms with Crippen molar-refractivity contribution in [3.63, 3.8) is 0 Å². The number of benzene rings is 2. The maximum absolute atomic E-state index is 5.21. The van der Waals surface area contributed by atoms with Gasteiger partial charge in [-0.05, 0) is 48.4 Å². The average molecular weight is 352 g/mol. The minimum absolute atomic E-state index is 0. The first-order valence-corrected chi connectivity index (χ1v) is 6.78. The summed E-state index contributed by atoms with van der Waals surface area (Å²) in [5, 5.41) is 3.44. The SMILES string of the molecule is Br.COc1ccc(CCNCc2cccc(OC)c2)cc1. The van der Waals surface area contributed by atoms with E-state index < -0.39 is 0 Å². The summed E-state index contributed by atoms with van der Waals surface area (Å²) in [6.45, 7) is 1.80. The van der Waals surface area contributed by atoms with Gasteiger partial charge in [-0.1, -0.05) is 24.3 Å². The lowest BCUT2D eigenvalue weighted by molar-refractivity contribution is 0.414. The van der Waals surface area contributed by atoms with E-state index in [1.165, 1.54) is 11.1 Å². The van der Waals surface area contributed by atoms with Crippen molar-refractivity contribution in [2.45, 2.75) is 13.0 Å². The molecule has 0 saturated carbocycles. The Morgan fingerprint density at radius 2 is 1.57 bits per heavy atom. The van der Waals surface area contributed by atoms with E-state index in [2.05, 4.69) is 29.6 Å². The Morgan fingerprint density at radius 1 is 0.857 bits per heavy atom. The van der Waals surface area contributed by atoms with Crippen LogP contribution >= 0.6 is 17.0 Å². The zero-order valence-electron chi connectivity index (χ0n) is 12.5. The second-order valence-electron chi connectivity index (χ2n) is 4.63. The molecule has 0 amide bonds. The van der Waals surface area contributed by atoms with E-state index in [-0.39, 0.29) is 17.0 Å². The van der Waals surface area contributed by atoms with Crippen LogP contribution in [-0.4, -0.2) is 20.8 Å². The first-order chi connectivity index (χ1) is 9.81. The zero-order valence-corrected chi connectivity index (χ0v) is 14.2. The number of rotatable bonds is 7.